The van der Waals surface area contributed by atoms with Crippen LogP contribution in [0.5, 0.6) is 0 Å². The molecule has 0 amide bonds. The summed E-state index contributed by atoms with van der Waals surface area (Å²) in [5.41, 5.74) is 9.20. The van der Waals surface area contributed by atoms with Gasteiger partial charge < -0.3 is 10.2 Å². The lowest BCUT2D eigenvalue weighted by Gasteiger charge is -2.38. The van der Waals surface area contributed by atoms with Crippen molar-refractivity contribution in [3.05, 3.63) is 255 Å². The van der Waals surface area contributed by atoms with E-state index in [1.165, 1.54) is 0 Å². The smallest absolute Gasteiger partial charge is 0.194 e. The van der Waals surface area contributed by atoms with Gasteiger partial charge in [0.1, 0.15) is 0 Å². The maximum atomic E-state index is 17.6. The molecule has 0 heterocycles. The van der Waals surface area contributed by atoms with E-state index < -0.39 is 40.1 Å². The van der Waals surface area contributed by atoms with Crippen LogP contribution < -0.4 is 0 Å². The zero-order valence-electron chi connectivity index (χ0n) is 51.1. The van der Waals surface area contributed by atoms with Gasteiger partial charge in [0.05, 0.1) is 11.2 Å². The molecule has 84 heavy (non-hydrogen) atoms. The summed E-state index contributed by atoms with van der Waals surface area (Å²) in [6.45, 7) is 23.0. The standard InChI is InChI=1S/C77H78O7/c1-43-33-47(5)61(48(6)34-43)72(79)65-57(55-25-17-13-18-26-55)41-59(69(76(83)29-21-15-22-30-76)67(65)74(81)63-51(9)37-45(3)38-52(63)10)71(78)60-42-58(56-27-19-14-20-28-56)66(73(80)62-49(7)35-44(2)36-50(62)8)68(70(60)77(84)31-23-16-24-32-77)75(82)64-53(11)39-46(4)40-54(64)12/h13-14,17-20,25-28,33-42,83-84H,15-16,21-24,29-32H2,1-12H3. The van der Waals surface area contributed by atoms with E-state index in [-0.39, 0.29) is 70.2 Å². The minimum atomic E-state index is -1.82. The van der Waals surface area contributed by atoms with E-state index in [4.69, 9.17) is 0 Å². The molecule has 7 nitrogen and oxygen atoms in total. The zero-order valence-corrected chi connectivity index (χ0v) is 51.1. The summed E-state index contributed by atoms with van der Waals surface area (Å²) in [7, 11) is 0. The normalized spacial score (nSPS) is 14.7. The average Bonchev–Trinajstić information content (AvgIpc) is 1.77. The molecule has 8 aromatic carbocycles. The number of carbonyl (C=O) groups is 5. The van der Waals surface area contributed by atoms with Gasteiger partial charge in [-0.15, -0.1) is 0 Å². The van der Waals surface area contributed by atoms with Crippen molar-refractivity contribution in [1.82, 2.24) is 0 Å². The first kappa shape index (κ1) is 59.2. The Morgan fingerprint density at radius 1 is 0.298 bits per heavy atom. The number of carbonyl (C=O) groups excluding carboxylic acids is 5. The van der Waals surface area contributed by atoms with Crippen molar-refractivity contribution < 1.29 is 34.2 Å². The van der Waals surface area contributed by atoms with Crippen LogP contribution in [0.15, 0.2) is 121 Å². The SMILES string of the molecule is Cc1cc(C)c(C(=O)c2c(-c3ccccc3)cc(C(=O)c3cc(-c4ccccc4)c(C(=O)c4c(C)cc(C)cc4C)c(C(=O)c4c(C)cc(C)cc4C)c3C3(O)CCCCC3)c(C3(O)CCCCC3)c2C(=O)c2c(C)cc(C)cc2C)c(C)c1. The first-order chi connectivity index (χ1) is 39.9. The number of benzene rings is 8. The molecule has 0 saturated heterocycles. The third-order valence-corrected chi connectivity index (χ3v) is 18.1. The molecule has 0 radical (unpaired) electrons. The molecule has 0 aliphatic heterocycles. The third-order valence-electron chi connectivity index (χ3n) is 18.1. The van der Waals surface area contributed by atoms with Crippen molar-refractivity contribution in [1.29, 1.82) is 0 Å². The molecule has 0 atom stereocenters. The van der Waals surface area contributed by atoms with Gasteiger partial charge in [-0.05, 0) is 188 Å². The number of hydrogen-bond donors (Lipinski definition) is 2. The summed E-state index contributed by atoms with van der Waals surface area (Å²) in [5, 5.41) is 27.8. The Balaban J connectivity index is 1.45. The van der Waals surface area contributed by atoms with Gasteiger partial charge in [0.15, 0.2) is 28.9 Å². The summed E-state index contributed by atoms with van der Waals surface area (Å²) >= 11 is 0. The van der Waals surface area contributed by atoms with E-state index in [1.54, 1.807) is 12.1 Å². The van der Waals surface area contributed by atoms with Crippen LogP contribution in [0.3, 0.4) is 0 Å². The van der Waals surface area contributed by atoms with Crippen molar-refractivity contribution in [2.45, 2.75) is 158 Å². The molecule has 2 aliphatic carbocycles. The Labute approximate surface area is 496 Å². The highest BCUT2D eigenvalue weighted by molar-refractivity contribution is 6.29. The van der Waals surface area contributed by atoms with Crippen molar-refractivity contribution in [2.75, 3.05) is 0 Å². The van der Waals surface area contributed by atoms with Crippen LogP contribution in [0.25, 0.3) is 22.3 Å². The molecule has 0 aromatic heterocycles. The van der Waals surface area contributed by atoms with Crippen LogP contribution in [0.4, 0.5) is 0 Å². The van der Waals surface area contributed by atoms with Crippen LogP contribution in [0.2, 0.25) is 0 Å². The number of hydrogen-bond acceptors (Lipinski definition) is 7. The van der Waals surface area contributed by atoms with Gasteiger partial charge in [-0.3, -0.25) is 24.0 Å². The van der Waals surface area contributed by atoms with Gasteiger partial charge in [-0.25, -0.2) is 0 Å². The average molecular weight is 1120 g/mol. The fraction of sp³-hybridized carbons (Fsp3) is 0.312. The molecule has 2 saturated carbocycles. The summed E-state index contributed by atoms with van der Waals surface area (Å²) in [5.74, 6) is -2.50. The second-order valence-corrected chi connectivity index (χ2v) is 24.9. The Morgan fingerprint density at radius 2 is 0.536 bits per heavy atom. The van der Waals surface area contributed by atoms with Crippen molar-refractivity contribution in [3.63, 3.8) is 0 Å². The quantitative estimate of drug-likeness (QED) is 0.104. The van der Waals surface area contributed by atoms with E-state index >= 15 is 24.0 Å². The fourth-order valence-electron chi connectivity index (χ4n) is 14.9. The van der Waals surface area contributed by atoms with Gasteiger partial charge >= 0.3 is 0 Å². The highest BCUT2D eigenvalue weighted by Crippen LogP contribution is 2.50. The van der Waals surface area contributed by atoms with Gasteiger partial charge in [0, 0.05) is 66.8 Å². The molecular formula is C77H78O7. The van der Waals surface area contributed by atoms with Crippen LogP contribution in [0.1, 0.15) is 222 Å². The predicted octanol–water partition coefficient (Wildman–Crippen LogP) is 17.2. The summed E-state index contributed by atoms with van der Waals surface area (Å²) in [4.78, 5) is 83.7. The molecule has 0 unspecified atom stereocenters. The summed E-state index contributed by atoms with van der Waals surface area (Å²) in [6.07, 6.45) is 4.65. The molecular weight excluding hydrogens is 1040 g/mol. The van der Waals surface area contributed by atoms with E-state index in [0.29, 0.717) is 92.4 Å². The van der Waals surface area contributed by atoms with Gasteiger partial charge in [0.25, 0.3) is 0 Å². The van der Waals surface area contributed by atoms with Crippen LogP contribution >= 0.6 is 0 Å². The maximum absolute atomic E-state index is 17.6. The number of ketones is 5. The lowest BCUT2D eigenvalue weighted by atomic mass is 9.68. The highest BCUT2D eigenvalue weighted by Gasteiger charge is 2.46. The number of rotatable bonds is 14. The first-order valence-electron chi connectivity index (χ1n) is 30.0. The second-order valence-electron chi connectivity index (χ2n) is 24.9. The molecule has 8 aromatic rings. The van der Waals surface area contributed by atoms with Crippen molar-refractivity contribution >= 4 is 28.9 Å². The van der Waals surface area contributed by atoms with E-state index in [1.807, 2.05) is 192 Å². The number of aryl methyl sites for hydroxylation is 12. The van der Waals surface area contributed by atoms with E-state index in [0.717, 1.165) is 57.3 Å². The van der Waals surface area contributed by atoms with E-state index in [9.17, 15) is 10.2 Å². The van der Waals surface area contributed by atoms with Gasteiger partial charge in [-0.2, -0.15) is 0 Å². The minimum Gasteiger partial charge on any atom is -0.385 e. The summed E-state index contributed by atoms with van der Waals surface area (Å²) < 4.78 is 0. The zero-order chi connectivity index (χ0) is 60.3. The van der Waals surface area contributed by atoms with Crippen molar-refractivity contribution in [2.24, 2.45) is 0 Å². The summed E-state index contributed by atoms with van der Waals surface area (Å²) in [6, 6.07) is 37.6. The second kappa shape index (κ2) is 23.2. The first-order valence-corrected chi connectivity index (χ1v) is 30.0. The topological polar surface area (TPSA) is 126 Å². The molecule has 0 bridgehead atoms. The molecule has 0 spiro atoms. The maximum Gasteiger partial charge on any atom is 0.194 e. The third kappa shape index (κ3) is 10.7. The van der Waals surface area contributed by atoms with Crippen LogP contribution in [0, 0.1) is 83.1 Å². The predicted molar refractivity (Wildman–Crippen MR) is 337 cm³/mol. The Morgan fingerprint density at radius 3 is 0.786 bits per heavy atom. The molecule has 7 heteroatoms. The molecule has 2 fully saturated rings. The molecule has 10 rings (SSSR count). The fourth-order valence-corrected chi connectivity index (χ4v) is 14.9. The molecule has 428 valence electrons. The molecule has 2 N–H and O–H groups in total. The number of aliphatic hydroxyl groups is 2. The van der Waals surface area contributed by atoms with Gasteiger partial charge in [0.2, 0.25) is 0 Å². The monoisotopic (exact) mass is 1110 g/mol. The Bertz CT molecular complexity index is 3680. The Hall–Kier alpha value is -7.97. The lowest BCUT2D eigenvalue weighted by Crippen LogP contribution is -2.37. The minimum absolute atomic E-state index is 0.0250. The Kier molecular flexibility index (Phi) is 16.4. The van der Waals surface area contributed by atoms with Crippen LogP contribution in [-0.4, -0.2) is 39.1 Å². The highest BCUT2D eigenvalue weighted by atomic mass is 16.3. The lowest BCUT2D eigenvalue weighted by molar-refractivity contribution is -0.00259. The van der Waals surface area contributed by atoms with Crippen molar-refractivity contribution in [3.8, 4) is 22.3 Å². The largest absolute Gasteiger partial charge is 0.385 e. The van der Waals surface area contributed by atoms with E-state index in [2.05, 4.69) is 0 Å². The van der Waals surface area contributed by atoms with Gasteiger partial charge in [-0.1, -0.05) is 170 Å². The van der Waals surface area contributed by atoms with Crippen LogP contribution in [-0.2, 0) is 11.2 Å². The molecule has 2 aliphatic rings.